The number of rotatable bonds is 13. The van der Waals surface area contributed by atoms with Crippen LogP contribution in [0.4, 0.5) is 5.69 Å². The standard InChI is InChI=1S/C28H31Br2NO8S2/c1-2-19(15-27-22(7-3-5-13-40(32,33)34)23-17-20(29)8-10-25(23)38-27)16-28-31(12-4-6-14-41(35,36)37)24-18-21(30)9-11-26(24)39-28/h8-11,15-18H,2-7,12-14H2,1H3,(H,32,33,34)(H,35,36,37)/b19-15-,28-16+. The zero-order chi connectivity index (χ0) is 29.8. The first-order valence-corrected chi connectivity index (χ1v) is 17.9. The van der Waals surface area contributed by atoms with Crippen molar-refractivity contribution in [2.45, 2.75) is 45.4 Å². The van der Waals surface area contributed by atoms with E-state index in [-0.39, 0.29) is 11.5 Å². The predicted octanol–water partition coefficient (Wildman–Crippen LogP) is 7.37. The molecule has 13 heteroatoms. The Balaban J connectivity index is 1.65. The molecule has 3 aromatic rings. The van der Waals surface area contributed by atoms with Gasteiger partial charge in [0.1, 0.15) is 11.3 Å². The van der Waals surface area contributed by atoms with E-state index in [0.29, 0.717) is 68.0 Å². The molecule has 0 saturated carbocycles. The van der Waals surface area contributed by atoms with Gasteiger partial charge in [-0.3, -0.25) is 9.11 Å². The lowest BCUT2D eigenvalue weighted by Crippen LogP contribution is -2.22. The molecule has 222 valence electrons. The lowest BCUT2D eigenvalue weighted by molar-refractivity contribution is 0.436. The molecule has 1 aliphatic heterocycles. The van der Waals surface area contributed by atoms with Gasteiger partial charge in [-0.2, -0.15) is 16.8 Å². The highest BCUT2D eigenvalue weighted by atomic mass is 79.9. The average molecular weight is 733 g/mol. The summed E-state index contributed by atoms with van der Waals surface area (Å²) in [7, 11) is -8.05. The van der Waals surface area contributed by atoms with Crippen molar-refractivity contribution in [2.24, 2.45) is 0 Å². The molecule has 2 aromatic carbocycles. The first kappa shape index (κ1) is 31.8. The number of allylic oxidation sites excluding steroid dienone is 2. The number of hydrogen-bond acceptors (Lipinski definition) is 7. The maximum absolute atomic E-state index is 11.2. The number of aryl methyl sites for hydroxylation is 1. The van der Waals surface area contributed by atoms with Crippen LogP contribution in [0.1, 0.15) is 50.4 Å². The zero-order valence-corrected chi connectivity index (χ0v) is 27.2. The second-order valence-corrected chi connectivity index (χ2v) is 14.7. The van der Waals surface area contributed by atoms with Crippen molar-refractivity contribution in [3.05, 3.63) is 74.2 Å². The summed E-state index contributed by atoms with van der Waals surface area (Å²) >= 11 is 7.02. The number of hydrogen-bond donors (Lipinski definition) is 2. The Labute approximate surface area is 257 Å². The zero-order valence-electron chi connectivity index (χ0n) is 22.3. The summed E-state index contributed by atoms with van der Waals surface area (Å²) in [4.78, 5) is 1.99. The van der Waals surface area contributed by atoms with Crippen LogP contribution in [0.5, 0.6) is 5.75 Å². The van der Waals surface area contributed by atoms with Crippen molar-refractivity contribution < 1.29 is 35.1 Å². The summed E-state index contributed by atoms with van der Waals surface area (Å²) in [6, 6.07) is 11.4. The topological polar surface area (TPSA) is 134 Å². The third kappa shape index (κ3) is 8.91. The maximum Gasteiger partial charge on any atom is 0.264 e. The van der Waals surface area contributed by atoms with E-state index in [2.05, 4.69) is 31.9 Å². The molecule has 4 rings (SSSR count). The van der Waals surface area contributed by atoms with Crippen LogP contribution < -0.4 is 9.64 Å². The number of furan rings is 1. The van der Waals surface area contributed by atoms with E-state index in [9.17, 15) is 16.8 Å². The third-order valence-electron chi connectivity index (χ3n) is 6.62. The van der Waals surface area contributed by atoms with Gasteiger partial charge in [-0.15, -0.1) is 0 Å². The van der Waals surface area contributed by atoms with Crippen molar-refractivity contribution in [1.29, 1.82) is 0 Å². The Morgan fingerprint density at radius 1 is 0.927 bits per heavy atom. The van der Waals surface area contributed by atoms with Gasteiger partial charge in [0, 0.05) is 32.5 Å². The number of unbranched alkanes of at least 4 members (excludes halogenated alkanes) is 2. The number of anilines is 1. The van der Waals surface area contributed by atoms with Crippen LogP contribution in [0.2, 0.25) is 0 Å². The van der Waals surface area contributed by atoms with Gasteiger partial charge in [0.05, 0.1) is 17.2 Å². The van der Waals surface area contributed by atoms with Crippen LogP contribution in [0.15, 0.2) is 67.3 Å². The van der Waals surface area contributed by atoms with Crippen molar-refractivity contribution >= 4 is 74.8 Å². The molecule has 2 N–H and O–H groups in total. The molecule has 0 bridgehead atoms. The lowest BCUT2D eigenvalue weighted by atomic mass is 10.0. The quantitative estimate of drug-likeness (QED) is 0.136. The molecule has 0 aliphatic carbocycles. The molecule has 0 atom stereocenters. The average Bonchev–Trinajstić information content (AvgIpc) is 3.39. The molecular formula is C28H31Br2NO8S2. The van der Waals surface area contributed by atoms with Gasteiger partial charge in [0.25, 0.3) is 20.2 Å². The van der Waals surface area contributed by atoms with E-state index < -0.39 is 20.2 Å². The SMILES string of the molecule is CCC(=C/c1oc2ccc(Br)cc2c1CCCCS(=O)(=O)O)/C=C1/Oc2ccc(Br)cc2N1CCCCS(=O)(=O)O. The Hall–Kier alpha value is -2.16. The van der Waals surface area contributed by atoms with E-state index in [4.69, 9.17) is 18.3 Å². The second-order valence-electron chi connectivity index (χ2n) is 9.74. The number of fused-ring (bicyclic) bond motifs is 2. The molecule has 0 amide bonds. The van der Waals surface area contributed by atoms with Gasteiger partial charge < -0.3 is 14.1 Å². The molecule has 0 radical (unpaired) electrons. The Morgan fingerprint density at radius 3 is 2.27 bits per heavy atom. The van der Waals surface area contributed by atoms with Gasteiger partial charge >= 0.3 is 0 Å². The van der Waals surface area contributed by atoms with Crippen LogP contribution in [-0.2, 0) is 26.7 Å². The minimum absolute atomic E-state index is 0.294. The highest BCUT2D eigenvalue weighted by Crippen LogP contribution is 2.41. The number of ether oxygens (including phenoxy) is 1. The van der Waals surface area contributed by atoms with E-state index in [1.807, 2.05) is 60.4 Å². The molecule has 1 aromatic heterocycles. The number of halogens is 2. The van der Waals surface area contributed by atoms with Crippen molar-refractivity contribution in [2.75, 3.05) is 23.0 Å². The molecule has 0 saturated heterocycles. The summed E-state index contributed by atoms with van der Waals surface area (Å²) in [5.74, 6) is 1.33. The van der Waals surface area contributed by atoms with Crippen LogP contribution in [-0.4, -0.2) is 44.0 Å². The van der Waals surface area contributed by atoms with E-state index >= 15 is 0 Å². The summed E-state index contributed by atoms with van der Waals surface area (Å²) in [5, 5.41) is 0.926. The van der Waals surface area contributed by atoms with Crippen LogP contribution in [0.3, 0.4) is 0 Å². The number of benzene rings is 2. The molecule has 41 heavy (non-hydrogen) atoms. The van der Waals surface area contributed by atoms with Crippen molar-refractivity contribution in [3.63, 3.8) is 0 Å². The van der Waals surface area contributed by atoms with Crippen LogP contribution in [0, 0.1) is 0 Å². The first-order valence-electron chi connectivity index (χ1n) is 13.1. The van der Waals surface area contributed by atoms with Crippen LogP contribution in [0.25, 0.3) is 17.0 Å². The Bertz CT molecular complexity index is 1700. The second kappa shape index (κ2) is 13.4. The van der Waals surface area contributed by atoms with Crippen molar-refractivity contribution in [3.8, 4) is 5.75 Å². The van der Waals surface area contributed by atoms with Crippen molar-refractivity contribution in [1.82, 2.24) is 0 Å². The summed E-state index contributed by atoms with van der Waals surface area (Å²) in [6.45, 7) is 2.50. The molecule has 0 fully saturated rings. The fourth-order valence-electron chi connectivity index (χ4n) is 4.64. The minimum Gasteiger partial charge on any atom is -0.456 e. The molecule has 1 aliphatic rings. The highest BCUT2D eigenvalue weighted by molar-refractivity contribution is 9.10. The van der Waals surface area contributed by atoms with Crippen LogP contribution >= 0.6 is 31.9 Å². The molecule has 2 heterocycles. The molecule has 0 spiro atoms. The molecule has 9 nitrogen and oxygen atoms in total. The molecular weight excluding hydrogens is 702 g/mol. The number of nitrogens with zero attached hydrogens (tertiary/aromatic N) is 1. The highest BCUT2D eigenvalue weighted by Gasteiger charge is 2.27. The van der Waals surface area contributed by atoms with Gasteiger partial charge in [0.2, 0.25) is 5.88 Å². The minimum atomic E-state index is -4.03. The summed E-state index contributed by atoms with van der Waals surface area (Å²) in [6.07, 6.45) is 6.80. The van der Waals surface area contributed by atoms with Gasteiger partial charge in [-0.1, -0.05) is 38.8 Å². The van der Waals surface area contributed by atoms with Gasteiger partial charge in [-0.25, -0.2) is 0 Å². The van der Waals surface area contributed by atoms with E-state index in [1.54, 1.807) is 0 Å². The fourth-order valence-corrected chi connectivity index (χ4v) is 6.49. The Morgan fingerprint density at radius 2 is 1.59 bits per heavy atom. The normalized spacial score (nSPS) is 15.1. The summed E-state index contributed by atoms with van der Waals surface area (Å²) in [5.41, 5.74) is 3.43. The van der Waals surface area contributed by atoms with E-state index in [0.717, 1.165) is 31.2 Å². The Kier molecular flexibility index (Phi) is 10.4. The molecule has 0 unspecified atom stereocenters. The third-order valence-corrected chi connectivity index (χ3v) is 9.22. The van der Waals surface area contributed by atoms with E-state index in [1.165, 1.54) is 0 Å². The first-order chi connectivity index (χ1) is 19.3. The fraction of sp³-hybridized carbons (Fsp3) is 0.357. The van der Waals surface area contributed by atoms with Gasteiger partial charge in [0.15, 0.2) is 5.75 Å². The maximum atomic E-state index is 11.2. The summed E-state index contributed by atoms with van der Waals surface area (Å²) < 4.78 is 77.1. The smallest absolute Gasteiger partial charge is 0.264 e. The largest absolute Gasteiger partial charge is 0.456 e. The van der Waals surface area contributed by atoms with Gasteiger partial charge in [-0.05, 0) is 86.6 Å². The monoisotopic (exact) mass is 731 g/mol. The lowest BCUT2D eigenvalue weighted by Gasteiger charge is -2.19. The predicted molar refractivity (Wildman–Crippen MR) is 167 cm³/mol.